The lowest BCUT2D eigenvalue weighted by Crippen LogP contribution is -2.51. The average molecular weight is 386 g/mol. The third kappa shape index (κ3) is 14.9. The average Bonchev–Trinajstić information content (AvgIpc) is 2.65. The maximum Gasteiger partial charge on any atom is 0.313 e. The minimum absolute atomic E-state index is 0.162. The summed E-state index contributed by atoms with van der Waals surface area (Å²) in [5.74, 6) is -0.421. The highest BCUT2D eigenvalue weighted by Crippen LogP contribution is 2.13. The monoisotopic (exact) mass is 385 g/mol. The third-order valence-corrected chi connectivity index (χ3v) is 5.03. The molecule has 0 unspecified atom stereocenters. The summed E-state index contributed by atoms with van der Waals surface area (Å²) < 4.78 is -1.10. The lowest BCUT2D eigenvalue weighted by Gasteiger charge is -2.38. The topological polar surface area (TPSA) is 80.6 Å². The van der Waals surface area contributed by atoms with Crippen LogP contribution in [-0.2, 0) is 4.79 Å². The molecule has 0 spiro atoms. The van der Waals surface area contributed by atoms with E-state index in [9.17, 15) is 10.0 Å². The highest BCUT2D eigenvalue weighted by Gasteiger charge is 2.25. The van der Waals surface area contributed by atoms with Gasteiger partial charge in [-0.05, 0) is 32.1 Å². The molecule has 0 saturated heterocycles. The number of hydrogen-bond donors (Lipinski definition) is 2. The molecule has 0 rings (SSSR count). The number of carbonyl (C=O) groups excluding carboxylic acids is 1. The van der Waals surface area contributed by atoms with Gasteiger partial charge in [-0.2, -0.15) is 0 Å². The molecule has 5 nitrogen and oxygen atoms in total. The van der Waals surface area contributed by atoms with E-state index in [4.69, 9.17) is 10.2 Å². The standard InChI is InChI=1S/C22H43NO4/c1-2-3-4-5-6-7-8-9-10-11-12-13-14-15-16-17-22(26)23(27,18-20-24)19-21-25/h9-10,24-25H,2-8,11-21H2,1H3/b10-9-. The van der Waals surface area contributed by atoms with Crippen LogP contribution in [0, 0.1) is 5.21 Å². The SMILES string of the molecule is CCCCCCCC/C=C\CCCCCCCC(=O)[N+]([O-])(CCO)CCO. The summed E-state index contributed by atoms with van der Waals surface area (Å²) >= 11 is 0. The van der Waals surface area contributed by atoms with Crippen molar-refractivity contribution < 1.29 is 19.7 Å². The molecule has 0 atom stereocenters. The van der Waals surface area contributed by atoms with Crippen LogP contribution >= 0.6 is 0 Å². The molecular weight excluding hydrogens is 342 g/mol. The van der Waals surface area contributed by atoms with E-state index in [0.717, 1.165) is 25.7 Å². The van der Waals surface area contributed by atoms with Crippen LogP contribution < -0.4 is 0 Å². The van der Waals surface area contributed by atoms with Crippen molar-refractivity contribution in [1.29, 1.82) is 0 Å². The molecule has 5 heteroatoms. The van der Waals surface area contributed by atoms with Gasteiger partial charge in [0.25, 0.3) is 0 Å². The smallest absolute Gasteiger partial charge is 0.313 e. The number of allylic oxidation sites excluding steroid dienone is 2. The quantitative estimate of drug-likeness (QED) is 0.144. The van der Waals surface area contributed by atoms with Gasteiger partial charge >= 0.3 is 5.91 Å². The zero-order chi connectivity index (χ0) is 20.2. The van der Waals surface area contributed by atoms with Crippen molar-refractivity contribution in [2.75, 3.05) is 26.3 Å². The van der Waals surface area contributed by atoms with E-state index in [2.05, 4.69) is 19.1 Å². The number of unbranched alkanes of at least 4 members (excludes halogenated alkanes) is 11. The summed E-state index contributed by atoms with van der Waals surface area (Å²) in [6.07, 6.45) is 20.3. The number of nitrogens with zero attached hydrogens (tertiary/aromatic N) is 1. The second-order valence-corrected chi connectivity index (χ2v) is 7.51. The number of rotatable bonds is 19. The lowest BCUT2D eigenvalue weighted by molar-refractivity contribution is -0.805. The number of hydroxylamine groups is 3. The second kappa shape index (κ2) is 18.6. The van der Waals surface area contributed by atoms with E-state index in [1.165, 1.54) is 51.4 Å². The Morgan fingerprint density at radius 2 is 1.22 bits per heavy atom. The summed E-state index contributed by atoms with van der Waals surface area (Å²) in [7, 11) is 0. The molecule has 27 heavy (non-hydrogen) atoms. The number of aliphatic hydroxyl groups excluding tert-OH is 2. The first-order chi connectivity index (χ1) is 13.1. The van der Waals surface area contributed by atoms with Crippen molar-refractivity contribution >= 4 is 5.91 Å². The van der Waals surface area contributed by atoms with Crippen molar-refractivity contribution in [3.8, 4) is 0 Å². The molecule has 0 aliphatic rings. The molecule has 0 fully saturated rings. The van der Waals surface area contributed by atoms with Gasteiger partial charge in [-0.15, -0.1) is 0 Å². The molecule has 0 saturated carbocycles. The maximum absolute atomic E-state index is 12.2. The van der Waals surface area contributed by atoms with Gasteiger partial charge < -0.3 is 15.4 Å². The van der Waals surface area contributed by atoms with Gasteiger partial charge in [-0.1, -0.05) is 70.4 Å². The van der Waals surface area contributed by atoms with Gasteiger partial charge in [0.2, 0.25) is 0 Å². The Balaban J connectivity index is 3.53. The Bertz CT molecular complexity index is 365. The van der Waals surface area contributed by atoms with Crippen molar-refractivity contribution in [2.24, 2.45) is 0 Å². The van der Waals surface area contributed by atoms with Crippen LogP contribution in [-0.4, -0.2) is 47.1 Å². The van der Waals surface area contributed by atoms with Gasteiger partial charge in [-0.25, -0.2) is 4.79 Å². The summed E-state index contributed by atoms with van der Waals surface area (Å²) in [4.78, 5) is 12.0. The normalized spacial score (nSPS) is 12.1. The molecule has 1 amide bonds. The van der Waals surface area contributed by atoms with Gasteiger partial charge in [0, 0.05) is 0 Å². The van der Waals surface area contributed by atoms with Gasteiger partial charge in [-0.3, -0.25) is 4.65 Å². The molecule has 0 aliphatic carbocycles. The number of amides is 1. The minimum atomic E-state index is -1.10. The van der Waals surface area contributed by atoms with E-state index < -0.39 is 10.6 Å². The summed E-state index contributed by atoms with van der Waals surface area (Å²) in [6, 6.07) is 0. The van der Waals surface area contributed by atoms with Crippen LogP contribution in [0.1, 0.15) is 96.8 Å². The zero-order valence-corrected chi connectivity index (χ0v) is 17.5. The largest absolute Gasteiger partial charge is 0.625 e. The Morgan fingerprint density at radius 3 is 1.70 bits per heavy atom. The summed E-state index contributed by atoms with van der Waals surface area (Å²) in [5, 5.41) is 30.1. The molecular formula is C22H43NO4. The van der Waals surface area contributed by atoms with E-state index in [-0.39, 0.29) is 32.7 Å². The Labute approximate surface area is 166 Å². The van der Waals surface area contributed by atoms with Gasteiger partial charge in [0.15, 0.2) is 0 Å². The van der Waals surface area contributed by atoms with E-state index in [0.29, 0.717) is 6.42 Å². The van der Waals surface area contributed by atoms with Crippen LogP contribution in [0.2, 0.25) is 0 Å². The fourth-order valence-electron chi connectivity index (χ4n) is 3.23. The fraction of sp³-hybridized carbons (Fsp3) is 0.864. The lowest BCUT2D eigenvalue weighted by atomic mass is 10.1. The number of quaternary nitrogens is 1. The van der Waals surface area contributed by atoms with Crippen molar-refractivity contribution in [3.05, 3.63) is 17.4 Å². The Hall–Kier alpha value is -0.750. The van der Waals surface area contributed by atoms with Crippen LogP contribution in [0.15, 0.2) is 12.2 Å². The van der Waals surface area contributed by atoms with Gasteiger partial charge in [0.1, 0.15) is 13.1 Å². The molecule has 0 heterocycles. The van der Waals surface area contributed by atoms with E-state index >= 15 is 0 Å². The summed E-state index contributed by atoms with van der Waals surface area (Å²) in [5.41, 5.74) is 0. The Kier molecular flexibility index (Phi) is 18.1. The molecule has 0 aromatic rings. The first kappa shape index (κ1) is 26.2. The highest BCUT2D eigenvalue weighted by molar-refractivity contribution is 5.69. The maximum atomic E-state index is 12.2. The molecule has 160 valence electrons. The predicted molar refractivity (Wildman–Crippen MR) is 112 cm³/mol. The van der Waals surface area contributed by atoms with Gasteiger partial charge in [0.05, 0.1) is 19.6 Å². The number of aliphatic hydroxyl groups is 2. The number of carbonyl (C=O) groups is 1. The second-order valence-electron chi connectivity index (χ2n) is 7.51. The predicted octanol–water partition coefficient (Wildman–Crippen LogP) is 4.85. The third-order valence-electron chi connectivity index (χ3n) is 5.03. The molecule has 2 N–H and O–H groups in total. The molecule has 0 aromatic carbocycles. The first-order valence-corrected chi connectivity index (χ1v) is 11.1. The molecule has 0 aromatic heterocycles. The number of hydrogen-bond acceptors (Lipinski definition) is 4. The summed E-state index contributed by atoms with van der Waals surface area (Å²) in [6.45, 7) is 1.26. The van der Waals surface area contributed by atoms with Crippen molar-refractivity contribution in [1.82, 2.24) is 0 Å². The van der Waals surface area contributed by atoms with Crippen LogP contribution in [0.3, 0.4) is 0 Å². The minimum Gasteiger partial charge on any atom is -0.625 e. The molecule has 0 bridgehead atoms. The molecule has 0 aliphatic heterocycles. The van der Waals surface area contributed by atoms with Crippen molar-refractivity contribution in [2.45, 2.75) is 96.8 Å². The molecule has 0 radical (unpaired) electrons. The van der Waals surface area contributed by atoms with E-state index in [1.807, 2.05) is 0 Å². The van der Waals surface area contributed by atoms with Crippen LogP contribution in [0.4, 0.5) is 0 Å². The van der Waals surface area contributed by atoms with Crippen LogP contribution in [0.5, 0.6) is 0 Å². The fourth-order valence-corrected chi connectivity index (χ4v) is 3.23. The van der Waals surface area contributed by atoms with Crippen LogP contribution in [0.25, 0.3) is 0 Å². The Morgan fingerprint density at radius 1 is 0.778 bits per heavy atom. The van der Waals surface area contributed by atoms with Crippen molar-refractivity contribution in [3.63, 3.8) is 0 Å². The first-order valence-electron chi connectivity index (χ1n) is 11.1. The zero-order valence-electron chi connectivity index (χ0n) is 17.5. The highest BCUT2D eigenvalue weighted by atomic mass is 16.6. The van der Waals surface area contributed by atoms with E-state index in [1.54, 1.807) is 0 Å².